The second-order valence-electron chi connectivity index (χ2n) is 6.37. The number of carbonyl (C=O) groups is 1. The Morgan fingerprint density at radius 2 is 2.04 bits per heavy atom. The lowest BCUT2D eigenvalue weighted by Crippen LogP contribution is -2.12. The first kappa shape index (κ1) is 17.6. The third-order valence-corrected chi connectivity index (χ3v) is 4.37. The zero-order chi connectivity index (χ0) is 19.8. The summed E-state index contributed by atoms with van der Waals surface area (Å²) in [6.07, 6.45) is 0.745. The van der Waals surface area contributed by atoms with Gasteiger partial charge in [-0.05, 0) is 37.3 Å². The summed E-state index contributed by atoms with van der Waals surface area (Å²) >= 11 is 0. The van der Waals surface area contributed by atoms with Crippen LogP contribution in [-0.4, -0.2) is 21.2 Å². The van der Waals surface area contributed by atoms with Gasteiger partial charge >= 0.3 is 5.97 Å². The second-order valence-corrected chi connectivity index (χ2v) is 6.37. The maximum absolute atomic E-state index is 14.6. The minimum Gasteiger partial charge on any atom is -0.432 e. The first-order valence-corrected chi connectivity index (χ1v) is 8.58. The smallest absolute Gasteiger partial charge is 0.304 e. The Labute approximate surface area is 160 Å². The van der Waals surface area contributed by atoms with Crippen LogP contribution in [0, 0.1) is 24.1 Å². The van der Waals surface area contributed by atoms with Crippen molar-refractivity contribution in [1.29, 1.82) is 5.26 Å². The lowest BCUT2D eigenvalue weighted by atomic mass is 9.98. The van der Waals surface area contributed by atoms with E-state index in [2.05, 4.69) is 16.0 Å². The zero-order valence-electron chi connectivity index (χ0n) is 15.2. The van der Waals surface area contributed by atoms with Crippen LogP contribution in [0.1, 0.15) is 41.4 Å². The molecule has 0 amide bonds. The minimum absolute atomic E-state index is 0.249. The number of aliphatic imine (C=N–C) groups is 1. The van der Waals surface area contributed by atoms with E-state index < -0.39 is 18.0 Å². The highest BCUT2D eigenvalue weighted by Gasteiger charge is 2.29. The molecule has 2 heterocycles. The number of nitrogens with zero attached hydrogens (tertiary/aromatic N) is 4. The first-order chi connectivity index (χ1) is 13.5. The molecular formula is C21H15FN4O2. The van der Waals surface area contributed by atoms with Gasteiger partial charge in [0.25, 0.3) is 6.23 Å². The fourth-order valence-electron chi connectivity index (χ4n) is 3.24. The number of hydrogen-bond donors (Lipinski definition) is 0. The van der Waals surface area contributed by atoms with Crippen LogP contribution >= 0.6 is 0 Å². The molecule has 2 aromatic carbocycles. The van der Waals surface area contributed by atoms with E-state index in [-0.39, 0.29) is 5.56 Å². The monoisotopic (exact) mass is 374 g/mol. The lowest BCUT2D eigenvalue weighted by Gasteiger charge is -2.12. The van der Waals surface area contributed by atoms with E-state index in [4.69, 9.17) is 4.74 Å². The number of aromatic nitrogens is 2. The van der Waals surface area contributed by atoms with Crippen molar-refractivity contribution in [2.75, 3.05) is 0 Å². The van der Waals surface area contributed by atoms with E-state index in [1.807, 2.05) is 6.92 Å². The Bertz CT molecular complexity index is 1170. The number of aryl methyl sites for hydroxylation is 1. The van der Waals surface area contributed by atoms with Gasteiger partial charge in [-0.1, -0.05) is 12.1 Å². The van der Waals surface area contributed by atoms with Crippen LogP contribution in [0.5, 0.6) is 0 Å². The lowest BCUT2D eigenvalue weighted by molar-refractivity contribution is -0.146. The van der Waals surface area contributed by atoms with Crippen LogP contribution in [0.4, 0.5) is 4.39 Å². The number of halogens is 1. The number of fused-ring (bicyclic) bond motifs is 3. The van der Waals surface area contributed by atoms with E-state index >= 15 is 0 Å². The molecule has 4 rings (SSSR count). The molecule has 0 N–H and O–H groups in total. The van der Waals surface area contributed by atoms with E-state index in [1.54, 1.807) is 47.2 Å². The quantitative estimate of drug-likeness (QED) is 0.642. The van der Waals surface area contributed by atoms with Crippen molar-refractivity contribution in [2.45, 2.75) is 20.1 Å². The molecule has 0 bridgehead atoms. The summed E-state index contributed by atoms with van der Waals surface area (Å²) in [6.45, 7) is 3.10. The van der Waals surface area contributed by atoms with Crippen molar-refractivity contribution < 1.29 is 13.9 Å². The molecule has 1 atom stereocenters. The summed E-state index contributed by atoms with van der Waals surface area (Å²) in [6, 6.07) is 13.4. The van der Waals surface area contributed by atoms with Gasteiger partial charge in [0.05, 0.1) is 28.7 Å². The van der Waals surface area contributed by atoms with Crippen LogP contribution in [0.15, 0.2) is 53.7 Å². The molecule has 1 aliphatic heterocycles. The maximum atomic E-state index is 14.6. The molecular weight excluding hydrogens is 359 g/mol. The number of hydrogen-bond acceptors (Lipinski definition) is 5. The Balaban J connectivity index is 2.06. The normalized spacial score (nSPS) is 14.9. The average molecular weight is 374 g/mol. The average Bonchev–Trinajstić information content (AvgIpc) is 3.01. The molecule has 7 heteroatoms. The number of carbonyl (C=O) groups excluding carboxylic acids is 1. The highest BCUT2D eigenvalue weighted by atomic mass is 19.1. The fourth-order valence-corrected chi connectivity index (χ4v) is 3.24. The van der Waals surface area contributed by atoms with Crippen LogP contribution in [0.3, 0.4) is 0 Å². The van der Waals surface area contributed by atoms with Gasteiger partial charge < -0.3 is 4.74 Å². The molecule has 0 fully saturated rings. The number of imidazole rings is 1. The van der Waals surface area contributed by atoms with Gasteiger partial charge in [0.1, 0.15) is 5.82 Å². The Hall–Kier alpha value is -3.79. The Morgan fingerprint density at radius 3 is 2.75 bits per heavy atom. The van der Waals surface area contributed by atoms with Crippen molar-refractivity contribution in [2.24, 2.45) is 4.99 Å². The molecule has 1 aliphatic rings. The van der Waals surface area contributed by atoms with Crippen molar-refractivity contribution in [1.82, 2.24) is 9.55 Å². The Morgan fingerprint density at radius 1 is 1.25 bits per heavy atom. The second kappa shape index (κ2) is 6.74. The minimum atomic E-state index is -1.04. The van der Waals surface area contributed by atoms with E-state index in [0.29, 0.717) is 34.0 Å². The number of benzene rings is 2. The number of nitriles is 1. The molecule has 6 nitrogen and oxygen atoms in total. The van der Waals surface area contributed by atoms with Crippen molar-refractivity contribution in [3.05, 3.63) is 82.7 Å². The largest absolute Gasteiger partial charge is 0.432 e. The summed E-state index contributed by atoms with van der Waals surface area (Å²) in [5.74, 6) is -0.589. The Kier molecular flexibility index (Phi) is 4.24. The molecule has 0 spiro atoms. The van der Waals surface area contributed by atoms with Gasteiger partial charge in [-0.2, -0.15) is 5.26 Å². The predicted octanol–water partition coefficient (Wildman–Crippen LogP) is 3.60. The first-order valence-electron chi connectivity index (χ1n) is 8.58. The van der Waals surface area contributed by atoms with Gasteiger partial charge in [0.15, 0.2) is 5.82 Å². The maximum Gasteiger partial charge on any atom is 0.304 e. The highest BCUT2D eigenvalue weighted by Crippen LogP contribution is 2.32. The van der Waals surface area contributed by atoms with E-state index in [0.717, 1.165) is 0 Å². The van der Waals surface area contributed by atoms with Crippen molar-refractivity contribution >= 4 is 11.7 Å². The van der Waals surface area contributed by atoms with Gasteiger partial charge in [-0.15, -0.1) is 0 Å². The van der Waals surface area contributed by atoms with Crippen molar-refractivity contribution in [3.8, 4) is 11.8 Å². The molecule has 3 aromatic rings. The fraction of sp³-hybridized carbons (Fsp3) is 0.143. The van der Waals surface area contributed by atoms with Gasteiger partial charge in [0, 0.05) is 24.2 Å². The molecule has 1 unspecified atom stereocenters. The van der Waals surface area contributed by atoms with Crippen LogP contribution in [0.25, 0.3) is 5.69 Å². The molecule has 0 saturated carbocycles. The van der Waals surface area contributed by atoms with Gasteiger partial charge in [-0.3, -0.25) is 9.36 Å². The molecule has 0 radical (unpaired) electrons. The molecule has 0 aliphatic carbocycles. The van der Waals surface area contributed by atoms with Gasteiger partial charge in [0.2, 0.25) is 0 Å². The van der Waals surface area contributed by atoms with Crippen LogP contribution in [0.2, 0.25) is 0 Å². The van der Waals surface area contributed by atoms with Gasteiger partial charge in [-0.25, -0.2) is 14.4 Å². The number of esters is 1. The molecule has 0 saturated heterocycles. The molecule has 28 heavy (non-hydrogen) atoms. The SMILES string of the molecule is CC(=O)OC1N=C(c2ccccc2F)c2cc(C#N)ccc2-n2cc(C)nc21. The third-order valence-electron chi connectivity index (χ3n) is 4.37. The zero-order valence-corrected chi connectivity index (χ0v) is 15.2. The number of rotatable bonds is 2. The molecule has 1 aromatic heterocycles. The summed E-state index contributed by atoms with van der Waals surface area (Å²) in [5, 5.41) is 9.34. The summed E-state index contributed by atoms with van der Waals surface area (Å²) < 4.78 is 21.8. The van der Waals surface area contributed by atoms with E-state index in [1.165, 1.54) is 13.0 Å². The molecule has 138 valence electrons. The summed E-state index contributed by atoms with van der Waals surface area (Å²) in [4.78, 5) is 20.7. The highest BCUT2D eigenvalue weighted by molar-refractivity contribution is 6.15. The topological polar surface area (TPSA) is 80.3 Å². The van der Waals surface area contributed by atoms with E-state index in [9.17, 15) is 14.4 Å². The third kappa shape index (κ3) is 2.95. The number of ether oxygens (including phenoxy) is 1. The van der Waals surface area contributed by atoms with Crippen LogP contribution in [-0.2, 0) is 9.53 Å². The summed E-state index contributed by atoms with van der Waals surface area (Å²) in [5.41, 5.74) is 2.89. The predicted molar refractivity (Wildman–Crippen MR) is 99.6 cm³/mol. The summed E-state index contributed by atoms with van der Waals surface area (Å²) in [7, 11) is 0. The van der Waals surface area contributed by atoms with Crippen LogP contribution < -0.4 is 0 Å². The standard InChI is InChI=1S/C21H15FN4O2/c1-12-11-26-18-8-7-14(10-23)9-16(18)19(15-5-3-4-6-17(15)22)25-21(20(26)24-12)28-13(2)27/h3-9,11,21H,1-2H3. The van der Waals surface area contributed by atoms with Crippen molar-refractivity contribution in [3.63, 3.8) is 0 Å².